The summed E-state index contributed by atoms with van der Waals surface area (Å²) in [6.07, 6.45) is 1.12. The van der Waals surface area contributed by atoms with E-state index in [2.05, 4.69) is 10.6 Å². The number of carbonyl (C=O) groups excluding carboxylic acids is 4. The van der Waals surface area contributed by atoms with Crippen molar-refractivity contribution in [3.63, 3.8) is 0 Å². The number of hydrogen-bond donors (Lipinski definition) is 2. The second-order valence-corrected chi connectivity index (χ2v) is 7.74. The zero-order chi connectivity index (χ0) is 21.8. The fourth-order valence-corrected chi connectivity index (χ4v) is 4.40. The monoisotopic (exact) mass is 421 g/mol. The number of imide groups is 1. The van der Waals surface area contributed by atoms with Crippen molar-refractivity contribution in [1.29, 1.82) is 0 Å². The molecule has 0 bridgehead atoms. The highest BCUT2D eigenvalue weighted by atomic mass is 16.7. The lowest BCUT2D eigenvalue weighted by atomic mass is 9.92. The summed E-state index contributed by atoms with van der Waals surface area (Å²) in [5.74, 6) is -0.510. The maximum absolute atomic E-state index is 13.2. The van der Waals surface area contributed by atoms with E-state index < -0.39 is 29.9 Å². The third-order valence-electron chi connectivity index (χ3n) is 5.89. The lowest BCUT2D eigenvalue weighted by Gasteiger charge is -2.22. The fraction of sp³-hybridized carbons (Fsp3) is 0.273. The fourth-order valence-electron chi connectivity index (χ4n) is 4.40. The molecule has 1 aliphatic carbocycles. The van der Waals surface area contributed by atoms with Gasteiger partial charge in [-0.1, -0.05) is 24.3 Å². The van der Waals surface area contributed by atoms with Gasteiger partial charge in [-0.25, -0.2) is 4.79 Å². The molecule has 1 spiro atoms. The molecule has 1 fully saturated rings. The van der Waals surface area contributed by atoms with E-state index in [4.69, 9.17) is 9.47 Å². The molecule has 0 aromatic heterocycles. The van der Waals surface area contributed by atoms with Crippen LogP contribution in [0.5, 0.6) is 11.5 Å². The van der Waals surface area contributed by atoms with Crippen LogP contribution in [0.4, 0.5) is 10.5 Å². The molecule has 2 aromatic rings. The average molecular weight is 421 g/mol. The van der Waals surface area contributed by atoms with E-state index in [1.807, 2.05) is 24.3 Å². The summed E-state index contributed by atoms with van der Waals surface area (Å²) in [7, 11) is 0. The molecular formula is C22H19N3O6. The van der Waals surface area contributed by atoms with Gasteiger partial charge >= 0.3 is 6.03 Å². The maximum Gasteiger partial charge on any atom is 0.325 e. The number of nitrogens with zero attached hydrogens (tertiary/aromatic N) is 1. The van der Waals surface area contributed by atoms with Gasteiger partial charge in [0.05, 0.1) is 5.69 Å². The van der Waals surface area contributed by atoms with Crippen LogP contribution in [0.2, 0.25) is 0 Å². The standard InChI is InChI=1S/C22H19N3O6/c1-12(26)14-8-17-18(31-11-30-17)9-16(14)23-19(27)10-25-20(28)22(24-21(25)29)7-6-13-4-2-3-5-15(13)22/h2-5,8-9H,6-7,10-11H2,1H3,(H,23,27)(H,24,29)/t22-/m1/s1. The Labute approximate surface area is 177 Å². The number of ether oxygens (including phenoxy) is 2. The molecule has 2 N–H and O–H groups in total. The first-order valence-electron chi connectivity index (χ1n) is 9.86. The number of carbonyl (C=O) groups is 4. The molecule has 2 heterocycles. The van der Waals surface area contributed by atoms with E-state index in [1.54, 1.807) is 0 Å². The topological polar surface area (TPSA) is 114 Å². The van der Waals surface area contributed by atoms with Crippen LogP contribution in [0, 0.1) is 0 Å². The van der Waals surface area contributed by atoms with Gasteiger partial charge in [-0.2, -0.15) is 0 Å². The zero-order valence-electron chi connectivity index (χ0n) is 16.7. The van der Waals surface area contributed by atoms with Crippen molar-refractivity contribution < 1.29 is 28.7 Å². The smallest absolute Gasteiger partial charge is 0.325 e. The minimum Gasteiger partial charge on any atom is -0.454 e. The number of ketones is 1. The Morgan fingerprint density at radius 2 is 1.90 bits per heavy atom. The molecule has 1 saturated heterocycles. The van der Waals surface area contributed by atoms with E-state index in [9.17, 15) is 19.2 Å². The van der Waals surface area contributed by atoms with Crippen molar-refractivity contribution in [2.75, 3.05) is 18.7 Å². The van der Waals surface area contributed by atoms with Crippen LogP contribution in [-0.2, 0) is 21.5 Å². The summed E-state index contributed by atoms with van der Waals surface area (Å²) in [6.45, 7) is 0.919. The third-order valence-corrected chi connectivity index (χ3v) is 5.89. The van der Waals surface area contributed by atoms with Crippen molar-refractivity contribution in [3.05, 3.63) is 53.1 Å². The Morgan fingerprint density at radius 1 is 1.16 bits per heavy atom. The normalized spacial score (nSPS) is 20.7. The number of fused-ring (bicyclic) bond motifs is 3. The molecule has 4 amide bonds. The third kappa shape index (κ3) is 2.92. The highest BCUT2D eigenvalue weighted by Crippen LogP contribution is 2.41. The molecule has 31 heavy (non-hydrogen) atoms. The largest absolute Gasteiger partial charge is 0.454 e. The summed E-state index contributed by atoms with van der Waals surface area (Å²) in [5, 5.41) is 5.40. The molecule has 5 rings (SSSR count). The van der Waals surface area contributed by atoms with Crippen LogP contribution in [0.1, 0.15) is 34.8 Å². The van der Waals surface area contributed by atoms with E-state index >= 15 is 0 Å². The lowest BCUT2D eigenvalue weighted by molar-refractivity contribution is -0.134. The molecule has 0 unspecified atom stereocenters. The molecule has 0 radical (unpaired) electrons. The van der Waals surface area contributed by atoms with Crippen LogP contribution >= 0.6 is 0 Å². The van der Waals surface area contributed by atoms with Crippen molar-refractivity contribution in [3.8, 4) is 11.5 Å². The molecule has 2 aromatic carbocycles. The SMILES string of the molecule is CC(=O)c1cc2c(cc1NC(=O)CN1C(=O)N[C@@]3(CCc4ccccc43)C1=O)OCO2. The highest BCUT2D eigenvalue weighted by Gasteiger charge is 2.55. The molecule has 9 heteroatoms. The van der Waals surface area contributed by atoms with E-state index in [0.717, 1.165) is 16.0 Å². The quantitative estimate of drug-likeness (QED) is 0.576. The Kier molecular flexibility index (Phi) is 4.21. The van der Waals surface area contributed by atoms with Crippen LogP contribution < -0.4 is 20.1 Å². The van der Waals surface area contributed by atoms with Gasteiger partial charge in [0.1, 0.15) is 12.1 Å². The van der Waals surface area contributed by atoms with Crippen molar-refractivity contribution in [2.24, 2.45) is 0 Å². The van der Waals surface area contributed by atoms with Crippen molar-refractivity contribution >= 4 is 29.3 Å². The molecular weight excluding hydrogens is 402 g/mol. The molecule has 158 valence electrons. The van der Waals surface area contributed by atoms with Gasteiger partial charge in [-0.3, -0.25) is 19.3 Å². The molecule has 1 atom stereocenters. The number of benzene rings is 2. The van der Waals surface area contributed by atoms with Crippen molar-refractivity contribution in [1.82, 2.24) is 10.2 Å². The Hall–Kier alpha value is -3.88. The number of anilines is 1. The number of amides is 4. The Bertz CT molecular complexity index is 1160. The van der Waals surface area contributed by atoms with Crippen LogP contribution in [0.25, 0.3) is 0 Å². The van der Waals surface area contributed by atoms with Gasteiger partial charge < -0.3 is 20.1 Å². The minimum absolute atomic E-state index is 0.0239. The number of rotatable bonds is 4. The Morgan fingerprint density at radius 3 is 2.68 bits per heavy atom. The molecule has 9 nitrogen and oxygen atoms in total. The number of nitrogens with one attached hydrogen (secondary N) is 2. The average Bonchev–Trinajstić information content (AvgIpc) is 3.41. The van der Waals surface area contributed by atoms with Crippen molar-refractivity contribution in [2.45, 2.75) is 25.3 Å². The second kappa shape index (κ2) is 6.83. The number of aryl methyl sites for hydroxylation is 1. The summed E-state index contributed by atoms with van der Waals surface area (Å²) < 4.78 is 10.6. The predicted molar refractivity (Wildman–Crippen MR) is 108 cm³/mol. The predicted octanol–water partition coefficient (Wildman–Crippen LogP) is 1.95. The summed E-state index contributed by atoms with van der Waals surface area (Å²) in [5.41, 5.74) is 1.13. The minimum atomic E-state index is -1.13. The van der Waals surface area contributed by atoms with E-state index in [-0.39, 0.29) is 23.8 Å². The van der Waals surface area contributed by atoms with Gasteiger partial charge in [0, 0.05) is 11.6 Å². The number of urea groups is 1. The summed E-state index contributed by atoms with van der Waals surface area (Å²) in [4.78, 5) is 51.4. The Balaban J connectivity index is 1.37. The number of hydrogen-bond acceptors (Lipinski definition) is 6. The molecule has 3 aliphatic rings. The maximum atomic E-state index is 13.2. The number of Topliss-reactive ketones (excluding diaryl/α,β-unsaturated/α-hetero) is 1. The summed E-state index contributed by atoms with van der Waals surface area (Å²) in [6, 6.07) is 9.86. The van der Waals surface area contributed by atoms with Crippen LogP contribution in [0.3, 0.4) is 0 Å². The lowest BCUT2D eigenvalue weighted by Crippen LogP contribution is -2.43. The molecule has 0 saturated carbocycles. The van der Waals surface area contributed by atoms with Crippen LogP contribution in [0.15, 0.2) is 36.4 Å². The first-order chi connectivity index (χ1) is 14.9. The van der Waals surface area contributed by atoms with Gasteiger partial charge in [-0.05, 0) is 37.0 Å². The van der Waals surface area contributed by atoms with E-state index in [0.29, 0.717) is 24.3 Å². The zero-order valence-corrected chi connectivity index (χ0v) is 16.7. The van der Waals surface area contributed by atoms with Gasteiger partial charge in [0.25, 0.3) is 5.91 Å². The first-order valence-corrected chi connectivity index (χ1v) is 9.86. The summed E-state index contributed by atoms with van der Waals surface area (Å²) >= 11 is 0. The van der Waals surface area contributed by atoms with Gasteiger partial charge in [0.2, 0.25) is 12.7 Å². The van der Waals surface area contributed by atoms with Gasteiger partial charge in [0.15, 0.2) is 17.3 Å². The van der Waals surface area contributed by atoms with Crippen LogP contribution in [-0.4, -0.2) is 41.9 Å². The molecule has 2 aliphatic heterocycles. The highest BCUT2D eigenvalue weighted by molar-refractivity contribution is 6.11. The second-order valence-electron chi connectivity index (χ2n) is 7.74. The van der Waals surface area contributed by atoms with E-state index in [1.165, 1.54) is 19.1 Å². The first kappa shape index (κ1) is 19.1. The van der Waals surface area contributed by atoms with Gasteiger partial charge in [-0.15, -0.1) is 0 Å².